The third-order valence-corrected chi connectivity index (χ3v) is 3.13. The van der Waals surface area contributed by atoms with Crippen LogP contribution in [0.5, 0.6) is 0 Å². The van der Waals surface area contributed by atoms with Crippen molar-refractivity contribution >= 4 is 0 Å². The fraction of sp³-hybridized carbons (Fsp3) is 1.00. The Morgan fingerprint density at radius 1 is 1.18 bits per heavy atom. The van der Waals surface area contributed by atoms with E-state index >= 15 is 0 Å². The molecule has 11 heavy (non-hydrogen) atoms. The lowest BCUT2D eigenvalue weighted by atomic mass is 9.83. The highest BCUT2D eigenvalue weighted by Crippen LogP contribution is 2.24. The van der Waals surface area contributed by atoms with Gasteiger partial charge in [0.05, 0.1) is 0 Å². The average Bonchev–Trinajstić information content (AvgIpc) is 1.93. The second-order valence-electron chi connectivity index (χ2n) is 4.40. The fourth-order valence-electron chi connectivity index (χ4n) is 1.70. The first-order valence-corrected chi connectivity index (χ1v) is 4.88. The van der Waals surface area contributed by atoms with E-state index in [4.69, 9.17) is 0 Å². The Hall–Kier alpha value is -0.0400. The normalized spacial score (nSPS) is 32.5. The van der Waals surface area contributed by atoms with E-state index < -0.39 is 0 Å². The molecular formula is C10H21N. The number of hydrogen-bond donors (Lipinski definition) is 1. The molecule has 1 heteroatoms. The van der Waals surface area contributed by atoms with Crippen molar-refractivity contribution in [2.45, 2.75) is 52.0 Å². The zero-order valence-electron chi connectivity index (χ0n) is 8.11. The monoisotopic (exact) mass is 155 g/mol. The van der Waals surface area contributed by atoms with Crippen molar-refractivity contribution < 1.29 is 0 Å². The van der Waals surface area contributed by atoms with Crippen molar-refractivity contribution in [1.82, 2.24) is 5.32 Å². The minimum atomic E-state index is 0.362. The Morgan fingerprint density at radius 3 is 2.64 bits per heavy atom. The van der Waals surface area contributed by atoms with Crippen LogP contribution in [0.3, 0.4) is 0 Å². The lowest BCUT2D eigenvalue weighted by Crippen LogP contribution is -2.46. The molecule has 0 aliphatic carbocycles. The van der Waals surface area contributed by atoms with Crippen molar-refractivity contribution in [3.63, 3.8) is 0 Å². The fourth-order valence-corrected chi connectivity index (χ4v) is 1.70. The molecule has 66 valence electrons. The third kappa shape index (κ3) is 2.48. The van der Waals surface area contributed by atoms with Crippen molar-refractivity contribution in [1.29, 1.82) is 0 Å². The van der Waals surface area contributed by atoms with E-state index in [0.717, 1.165) is 5.92 Å². The van der Waals surface area contributed by atoms with Crippen molar-refractivity contribution in [2.24, 2.45) is 5.92 Å². The smallest absolute Gasteiger partial charge is 0.0150 e. The number of hydrogen-bond acceptors (Lipinski definition) is 1. The van der Waals surface area contributed by atoms with Crippen LogP contribution in [0.25, 0.3) is 0 Å². The van der Waals surface area contributed by atoms with E-state index in [-0.39, 0.29) is 0 Å². The number of rotatable bonds is 0. The minimum absolute atomic E-state index is 0.362. The predicted octanol–water partition coefficient (Wildman–Crippen LogP) is 2.56. The first-order valence-electron chi connectivity index (χ1n) is 4.88. The molecule has 0 aromatic heterocycles. The molecule has 0 aromatic carbocycles. The van der Waals surface area contributed by atoms with E-state index in [1.54, 1.807) is 0 Å². The Bertz CT molecular complexity index is 118. The Labute approximate surface area is 70.6 Å². The van der Waals surface area contributed by atoms with Gasteiger partial charge in [-0.15, -0.1) is 0 Å². The van der Waals surface area contributed by atoms with Gasteiger partial charge in [0.2, 0.25) is 0 Å². The molecule has 1 heterocycles. The summed E-state index contributed by atoms with van der Waals surface area (Å²) in [5.74, 6) is 0.822. The summed E-state index contributed by atoms with van der Waals surface area (Å²) in [4.78, 5) is 0. The maximum Gasteiger partial charge on any atom is 0.0150 e. The summed E-state index contributed by atoms with van der Waals surface area (Å²) in [6, 6.07) is 0. The highest BCUT2D eigenvalue weighted by molar-refractivity contribution is 4.84. The molecule has 1 aliphatic heterocycles. The Balaban J connectivity index is 2.47. The van der Waals surface area contributed by atoms with Gasteiger partial charge in [0.15, 0.2) is 0 Å². The van der Waals surface area contributed by atoms with Gasteiger partial charge in [-0.05, 0) is 39.2 Å². The summed E-state index contributed by atoms with van der Waals surface area (Å²) < 4.78 is 0. The van der Waals surface area contributed by atoms with Gasteiger partial charge in [-0.3, -0.25) is 0 Å². The van der Waals surface area contributed by atoms with E-state index in [2.05, 4.69) is 26.1 Å². The van der Waals surface area contributed by atoms with Crippen molar-refractivity contribution in [3.8, 4) is 0 Å². The summed E-state index contributed by atoms with van der Waals surface area (Å²) in [5.41, 5.74) is 0.362. The zero-order chi connectivity index (χ0) is 8.32. The van der Waals surface area contributed by atoms with Gasteiger partial charge in [0.1, 0.15) is 0 Å². The highest BCUT2D eigenvalue weighted by Gasteiger charge is 2.25. The molecule has 1 saturated heterocycles. The van der Waals surface area contributed by atoms with E-state index in [9.17, 15) is 0 Å². The summed E-state index contributed by atoms with van der Waals surface area (Å²) in [5, 5.41) is 3.61. The summed E-state index contributed by atoms with van der Waals surface area (Å²) in [6.07, 6.45) is 5.58. The second-order valence-corrected chi connectivity index (χ2v) is 4.40. The first-order chi connectivity index (χ1) is 5.13. The van der Waals surface area contributed by atoms with Gasteiger partial charge in [-0.25, -0.2) is 0 Å². The van der Waals surface area contributed by atoms with E-state index in [1.807, 2.05) is 0 Å². The molecule has 1 nitrogen and oxygen atoms in total. The number of nitrogens with one attached hydrogen (secondary N) is 1. The van der Waals surface area contributed by atoms with Gasteiger partial charge in [-0.2, -0.15) is 0 Å². The molecule has 1 atom stereocenters. The molecule has 0 aromatic rings. The molecule has 0 spiro atoms. The van der Waals surface area contributed by atoms with Gasteiger partial charge in [-0.1, -0.05) is 19.8 Å². The van der Waals surface area contributed by atoms with Gasteiger partial charge in [0.25, 0.3) is 0 Å². The Morgan fingerprint density at radius 2 is 1.91 bits per heavy atom. The molecule has 1 N–H and O–H groups in total. The molecule has 0 bridgehead atoms. The zero-order valence-corrected chi connectivity index (χ0v) is 8.11. The topological polar surface area (TPSA) is 12.0 Å². The maximum atomic E-state index is 3.61. The van der Waals surface area contributed by atoms with Crippen LogP contribution in [0.15, 0.2) is 0 Å². The molecule has 0 amide bonds. The Kier molecular flexibility index (Phi) is 2.94. The van der Waals surface area contributed by atoms with Crippen LogP contribution in [0.4, 0.5) is 0 Å². The second kappa shape index (κ2) is 3.57. The van der Waals surface area contributed by atoms with Crippen LogP contribution in [0.1, 0.15) is 46.5 Å². The molecular weight excluding hydrogens is 134 g/mol. The molecule has 0 radical (unpaired) electrons. The molecule has 1 rings (SSSR count). The lowest BCUT2D eigenvalue weighted by Gasteiger charge is -2.35. The van der Waals surface area contributed by atoms with Crippen molar-refractivity contribution in [3.05, 3.63) is 0 Å². The van der Waals surface area contributed by atoms with Gasteiger partial charge in [0, 0.05) is 5.54 Å². The van der Waals surface area contributed by atoms with Gasteiger partial charge < -0.3 is 5.32 Å². The molecule has 1 unspecified atom stereocenters. The van der Waals surface area contributed by atoms with E-state index in [1.165, 1.54) is 32.2 Å². The lowest BCUT2D eigenvalue weighted by molar-refractivity contribution is 0.235. The van der Waals surface area contributed by atoms with Crippen molar-refractivity contribution in [2.75, 3.05) is 6.54 Å². The first kappa shape index (κ1) is 9.05. The minimum Gasteiger partial charge on any atom is -0.312 e. The average molecular weight is 155 g/mol. The third-order valence-electron chi connectivity index (χ3n) is 3.13. The van der Waals surface area contributed by atoms with Gasteiger partial charge >= 0.3 is 0 Å². The van der Waals surface area contributed by atoms with E-state index in [0.29, 0.717) is 5.54 Å². The van der Waals surface area contributed by atoms with Crippen LogP contribution < -0.4 is 5.32 Å². The summed E-state index contributed by atoms with van der Waals surface area (Å²) >= 11 is 0. The van der Waals surface area contributed by atoms with Crippen LogP contribution in [-0.2, 0) is 0 Å². The van der Waals surface area contributed by atoms with Crippen LogP contribution >= 0.6 is 0 Å². The summed E-state index contributed by atoms with van der Waals surface area (Å²) in [7, 11) is 0. The molecule has 0 saturated carbocycles. The summed E-state index contributed by atoms with van der Waals surface area (Å²) in [6.45, 7) is 8.21. The standard InChI is InChI=1S/C10H21N/c1-9-7-5-4-6-8-11-10(9,2)3/h9,11H,4-8H2,1-3H3. The van der Waals surface area contributed by atoms with Crippen LogP contribution in [-0.4, -0.2) is 12.1 Å². The molecule has 1 fully saturated rings. The van der Waals surface area contributed by atoms with Crippen LogP contribution in [0, 0.1) is 5.92 Å². The molecule has 1 aliphatic rings. The quantitative estimate of drug-likeness (QED) is 0.567. The highest BCUT2D eigenvalue weighted by atomic mass is 15.0. The maximum absolute atomic E-state index is 3.61. The predicted molar refractivity (Wildman–Crippen MR) is 49.7 cm³/mol. The largest absolute Gasteiger partial charge is 0.312 e. The van der Waals surface area contributed by atoms with Crippen LogP contribution in [0.2, 0.25) is 0 Å². The SMILES string of the molecule is CC1CCCCCNC1(C)C.